The molecule has 6 heteroatoms. The largest absolute Gasteiger partial charge is 0.503 e. The minimum atomic E-state index is -0.610. The monoisotopic (exact) mass is 362 g/mol. The van der Waals surface area contributed by atoms with Crippen LogP contribution in [0.5, 0.6) is 0 Å². The average molecular weight is 362 g/mol. The van der Waals surface area contributed by atoms with Gasteiger partial charge in [-0.3, -0.25) is 9.59 Å². The van der Waals surface area contributed by atoms with Crippen molar-refractivity contribution in [2.24, 2.45) is 0 Å². The molecule has 0 aliphatic carbocycles. The third-order valence-corrected chi connectivity index (χ3v) is 5.01. The lowest BCUT2D eigenvalue weighted by Gasteiger charge is -2.23. The topological polar surface area (TPSA) is 87.5 Å². The summed E-state index contributed by atoms with van der Waals surface area (Å²) in [5.74, 6) is -1.27. The average Bonchev–Trinajstić information content (AvgIpc) is 3.20. The molecule has 0 saturated heterocycles. The summed E-state index contributed by atoms with van der Waals surface area (Å²) in [7, 11) is 0. The summed E-state index contributed by atoms with van der Waals surface area (Å²) in [5, 5.41) is 11.4. The second-order valence-electron chi connectivity index (χ2n) is 6.65. The summed E-state index contributed by atoms with van der Waals surface area (Å²) in [6.45, 7) is 1.76. The number of aliphatic hydroxyl groups excluding tert-OH is 1. The molecule has 2 aromatic heterocycles. The predicted octanol–water partition coefficient (Wildman–Crippen LogP) is 2.51. The Kier molecular flexibility index (Phi) is 4.24. The normalized spacial score (nSPS) is 17.1. The molecule has 0 bridgehead atoms. The van der Waals surface area contributed by atoms with Gasteiger partial charge in [-0.2, -0.15) is 0 Å². The number of benzene rings is 1. The number of fused-ring (bicyclic) bond motifs is 1. The number of pyridine rings is 1. The van der Waals surface area contributed by atoms with E-state index < -0.39 is 17.7 Å². The summed E-state index contributed by atoms with van der Waals surface area (Å²) in [4.78, 5) is 32.7. The van der Waals surface area contributed by atoms with Crippen LogP contribution in [-0.2, 0) is 16.0 Å². The molecule has 1 aliphatic heterocycles. The highest BCUT2D eigenvalue weighted by Crippen LogP contribution is 2.36. The van der Waals surface area contributed by atoms with Crippen LogP contribution in [0.1, 0.15) is 24.2 Å². The van der Waals surface area contributed by atoms with Gasteiger partial charge in [-0.1, -0.05) is 24.3 Å². The third kappa shape index (κ3) is 2.89. The first kappa shape index (κ1) is 17.0. The number of para-hydroxylation sites is 1. The van der Waals surface area contributed by atoms with Gasteiger partial charge in [-0.15, -0.1) is 0 Å². The van der Waals surface area contributed by atoms with Gasteiger partial charge >= 0.3 is 0 Å². The fraction of sp³-hybridized carbons (Fsp3) is 0.190. The van der Waals surface area contributed by atoms with Crippen LogP contribution in [0.2, 0.25) is 0 Å². The van der Waals surface area contributed by atoms with Crippen LogP contribution in [0, 0.1) is 0 Å². The maximum atomic E-state index is 12.7. The van der Waals surface area contributed by atoms with E-state index >= 15 is 0 Å². The molecular weight excluding hydrogens is 342 g/mol. The fourth-order valence-electron chi connectivity index (χ4n) is 3.72. The first-order chi connectivity index (χ1) is 13.1. The van der Waals surface area contributed by atoms with E-state index in [4.69, 9.17) is 0 Å². The quantitative estimate of drug-likeness (QED) is 0.731. The van der Waals surface area contributed by atoms with E-state index in [2.05, 4.69) is 9.97 Å². The number of nitrogens with zero attached hydrogens (tertiary/aromatic N) is 1. The number of Topliss-reactive ketones (excluding diaryl/α,β-unsaturated/α-hetero) is 1. The molecule has 0 spiro atoms. The molecule has 136 valence electrons. The molecule has 1 amide bonds. The van der Waals surface area contributed by atoms with Gasteiger partial charge in [0, 0.05) is 35.8 Å². The van der Waals surface area contributed by atoms with Crippen LogP contribution in [0.15, 0.2) is 66.2 Å². The summed E-state index contributed by atoms with van der Waals surface area (Å²) in [6, 6.07) is 12.8. The van der Waals surface area contributed by atoms with Crippen LogP contribution in [0.4, 0.5) is 0 Å². The second-order valence-corrected chi connectivity index (χ2v) is 6.65. The first-order valence-electron chi connectivity index (χ1n) is 8.84. The Morgan fingerprint density at radius 2 is 2.00 bits per heavy atom. The number of rotatable bonds is 5. The summed E-state index contributed by atoms with van der Waals surface area (Å²) >= 11 is 0. The van der Waals surface area contributed by atoms with E-state index in [1.165, 1.54) is 6.92 Å². The molecule has 1 unspecified atom stereocenters. The van der Waals surface area contributed by atoms with E-state index in [1.54, 1.807) is 11.1 Å². The molecule has 1 aliphatic rings. The number of aliphatic hydroxyl groups is 1. The van der Waals surface area contributed by atoms with Crippen molar-refractivity contribution in [3.63, 3.8) is 0 Å². The number of H-pyrrole nitrogens is 2. The van der Waals surface area contributed by atoms with Crippen molar-refractivity contribution in [3.8, 4) is 0 Å². The molecule has 1 atom stereocenters. The molecule has 3 N–H and O–H groups in total. The molecular formula is C21H20N3O3+. The maximum Gasteiger partial charge on any atom is 0.290 e. The minimum absolute atomic E-state index is 0.140. The molecule has 3 heterocycles. The zero-order valence-corrected chi connectivity index (χ0v) is 14.9. The van der Waals surface area contributed by atoms with Gasteiger partial charge in [0.05, 0.1) is 5.57 Å². The highest BCUT2D eigenvalue weighted by molar-refractivity contribution is 6.07. The van der Waals surface area contributed by atoms with Crippen molar-refractivity contribution in [1.29, 1.82) is 0 Å². The third-order valence-electron chi connectivity index (χ3n) is 5.01. The zero-order chi connectivity index (χ0) is 19.0. The van der Waals surface area contributed by atoms with Gasteiger partial charge < -0.3 is 15.0 Å². The molecule has 0 saturated carbocycles. The van der Waals surface area contributed by atoms with Crippen molar-refractivity contribution < 1.29 is 19.7 Å². The van der Waals surface area contributed by atoms with Crippen molar-refractivity contribution >= 4 is 22.6 Å². The Bertz CT molecular complexity index is 1050. The van der Waals surface area contributed by atoms with Crippen LogP contribution in [0.25, 0.3) is 10.9 Å². The molecule has 1 aromatic carbocycles. The van der Waals surface area contributed by atoms with E-state index in [9.17, 15) is 14.7 Å². The number of hydrogen-bond acceptors (Lipinski definition) is 3. The smallest absolute Gasteiger partial charge is 0.290 e. The number of carbonyl (C=O) groups is 2. The number of amides is 1. The Morgan fingerprint density at radius 1 is 1.22 bits per heavy atom. The summed E-state index contributed by atoms with van der Waals surface area (Å²) < 4.78 is 0. The molecule has 4 rings (SSSR count). The van der Waals surface area contributed by atoms with Crippen LogP contribution >= 0.6 is 0 Å². The number of hydrogen-bond donors (Lipinski definition) is 2. The van der Waals surface area contributed by atoms with E-state index in [0.717, 1.165) is 16.5 Å². The SMILES string of the molecule is CC(=O)C1=C(O)C(=O)N(CCc2c[nH]c3ccccc23)C1c1cccc[nH+]1. The Balaban J connectivity index is 1.66. The van der Waals surface area contributed by atoms with Gasteiger partial charge in [-0.05, 0) is 25.0 Å². The van der Waals surface area contributed by atoms with Gasteiger partial charge in [0.1, 0.15) is 6.04 Å². The van der Waals surface area contributed by atoms with Crippen LogP contribution in [-0.4, -0.2) is 33.2 Å². The van der Waals surface area contributed by atoms with Gasteiger partial charge in [-0.25, -0.2) is 4.98 Å². The zero-order valence-electron chi connectivity index (χ0n) is 14.9. The van der Waals surface area contributed by atoms with Crippen molar-refractivity contribution in [3.05, 3.63) is 77.4 Å². The molecule has 0 radical (unpaired) electrons. The second kappa shape index (κ2) is 6.72. The van der Waals surface area contributed by atoms with Crippen molar-refractivity contribution in [1.82, 2.24) is 9.88 Å². The van der Waals surface area contributed by atoms with Crippen LogP contribution < -0.4 is 4.98 Å². The van der Waals surface area contributed by atoms with Crippen LogP contribution in [0.3, 0.4) is 0 Å². The minimum Gasteiger partial charge on any atom is -0.503 e. The first-order valence-corrected chi connectivity index (χ1v) is 8.84. The van der Waals surface area contributed by atoms with E-state index in [1.807, 2.05) is 48.7 Å². The van der Waals surface area contributed by atoms with Crippen molar-refractivity contribution in [2.75, 3.05) is 6.54 Å². The fourth-order valence-corrected chi connectivity index (χ4v) is 3.72. The lowest BCUT2D eigenvalue weighted by molar-refractivity contribution is -0.394. The highest BCUT2D eigenvalue weighted by Gasteiger charge is 2.44. The number of aromatic nitrogens is 2. The number of ketones is 1. The number of carbonyl (C=O) groups excluding carboxylic acids is 2. The maximum absolute atomic E-state index is 12.7. The van der Waals surface area contributed by atoms with Gasteiger partial charge in [0.2, 0.25) is 5.69 Å². The predicted molar refractivity (Wildman–Crippen MR) is 99.8 cm³/mol. The lowest BCUT2D eigenvalue weighted by Crippen LogP contribution is -2.35. The van der Waals surface area contributed by atoms with E-state index in [-0.39, 0.29) is 11.4 Å². The summed E-state index contributed by atoms with van der Waals surface area (Å²) in [6.07, 6.45) is 4.29. The highest BCUT2D eigenvalue weighted by atomic mass is 16.3. The molecule has 0 fully saturated rings. The number of nitrogens with one attached hydrogen (secondary N) is 2. The Morgan fingerprint density at radius 3 is 2.74 bits per heavy atom. The molecule has 27 heavy (non-hydrogen) atoms. The lowest BCUT2D eigenvalue weighted by atomic mass is 10.0. The number of aromatic amines is 2. The summed E-state index contributed by atoms with van der Waals surface area (Å²) in [5.41, 5.74) is 2.96. The van der Waals surface area contributed by atoms with Gasteiger partial charge in [0.25, 0.3) is 5.91 Å². The Labute approximate surface area is 156 Å². The van der Waals surface area contributed by atoms with Gasteiger partial charge in [0.15, 0.2) is 17.7 Å². The van der Waals surface area contributed by atoms with E-state index in [0.29, 0.717) is 18.7 Å². The van der Waals surface area contributed by atoms with Crippen molar-refractivity contribution in [2.45, 2.75) is 19.4 Å². The molecule has 6 nitrogen and oxygen atoms in total. The Hall–Kier alpha value is -3.41. The molecule has 3 aromatic rings. The standard InChI is InChI=1S/C21H19N3O3/c1-13(25)18-19(17-8-4-5-10-22-17)24(21(27)20(18)26)11-9-14-12-23-16-7-3-2-6-15(14)16/h2-8,10,12,19,23,26H,9,11H2,1H3/p+1.